The van der Waals surface area contributed by atoms with E-state index in [1.165, 1.54) is 69.5 Å². The van der Waals surface area contributed by atoms with Crippen molar-refractivity contribution in [1.29, 1.82) is 0 Å². The molecule has 2 saturated heterocycles. The Hall–Kier alpha value is -1.12. The predicted molar refractivity (Wildman–Crippen MR) is 88.3 cm³/mol. The summed E-state index contributed by atoms with van der Waals surface area (Å²) >= 11 is 0. The number of hydrogen-bond acceptors (Lipinski definition) is 2. The Bertz CT molecular complexity index is 511. The molecule has 112 valence electrons. The molecule has 1 aromatic carbocycles. The number of likely N-dealkylation sites (tertiary alicyclic amines) is 1. The number of nitrogens with one attached hydrogen (secondary N) is 1. The van der Waals surface area contributed by atoms with Crippen molar-refractivity contribution in [2.75, 3.05) is 32.7 Å². The monoisotopic (exact) mass is 282 g/mol. The minimum atomic E-state index is 0.764. The third-order valence-corrected chi connectivity index (χ3v) is 5.58. The van der Waals surface area contributed by atoms with Crippen LogP contribution in [-0.4, -0.2) is 37.6 Å². The van der Waals surface area contributed by atoms with Crippen LogP contribution in [-0.2, 0) is 6.42 Å². The number of nitrogens with zero attached hydrogens (tertiary/aromatic N) is 1. The van der Waals surface area contributed by atoms with Gasteiger partial charge < -0.3 is 10.2 Å². The molecule has 2 nitrogen and oxygen atoms in total. The van der Waals surface area contributed by atoms with E-state index in [-0.39, 0.29) is 0 Å². The molecule has 0 unspecified atom stereocenters. The molecule has 2 aliphatic heterocycles. The Morgan fingerprint density at radius 1 is 1.05 bits per heavy atom. The largest absolute Gasteiger partial charge is 0.316 e. The van der Waals surface area contributed by atoms with Gasteiger partial charge in [0.15, 0.2) is 0 Å². The maximum absolute atomic E-state index is 3.54. The molecular weight excluding hydrogens is 256 g/mol. The molecule has 1 aromatic rings. The average Bonchev–Trinajstić information content (AvgIpc) is 3.23. The first-order chi connectivity index (χ1) is 10.4. The molecule has 1 aliphatic carbocycles. The van der Waals surface area contributed by atoms with Crippen LogP contribution in [0.3, 0.4) is 0 Å². The molecule has 0 radical (unpaired) electrons. The van der Waals surface area contributed by atoms with Crippen molar-refractivity contribution in [2.45, 2.75) is 25.7 Å². The van der Waals surface area contributed by atoms with E-state index in [1.807, 2.05) is 0 Å². The van der Waals surface area contributed by atoms with Crippen molar-refractivity contribution in [3.05, 3.63) is 41.5 Å². The minimum Gasteiger partial charge on any atom is -0.316 e. The molecule has 0 spiro atoms. The number of rotatable bonds is 4. The van der Waals surface area contributed by atoms with Crippen LogP contribution in [0, 0.1) is 11.8 Å². The zero-order valence-electron chi connectivity index (χ0n) is 12.9. The molecule has 3 aliphatic rings. The van der Waals surface area contributed by atoms with E-state index in [0.29, 0.717) is 0 Å². The van der Waals surface area contributed by atoms with Crippen LogP contribution in [0.2, 0.25) is 0 Å². The lowest BCUT2D eigenvalue weighted by Crippen LogP contribution is -2.21. The highest BCUT2D eigenvalue weighted by Crippen LogP contribution is 2.40. The number of hydrogen-bond donors (Lipinski definition) is 1. The highest BCUT2D eigenvalue weighted by molar-refractivity contribution is 5.70. The summed E-state index contributed by atoms with van der Waals surface area (Å²) in [4.78, 5) is 2.60. The van der Waals surface area contributed by atoms with Gasteiger partial charge in [-0.05, 0) is 67.9 Å². The van der Waals surface area contributed by atoms with Crippen LogP contribution >= 0.6 is 0 Å². The lowest BCUT2D eigenvalue weighted by atomic mass is 9.90. The van der Waals surface area contributed by atoms with Gasteiger partial charge in [-0.3, -0.25) is 0 Å². The van der Waals surface area contributed by atoms with Crippen LogP contribution in [0.15, 0.2) is 30.3 Å². The average molecular weight is 282 g/mol. The van der Waals surface area contributed by atoms with E-state index >= 15 is 0 Å². The van der Waals surface area contributed by atoms with Crippen molar-refractivity contribution in [2.24, 2.45) is 11.8 Å². The molecule has 0 aromatic heterocycles. The van der Waals surface area contributed by atoms with Gasteiger partial charge in [-0.1, -0.05) is 30.3 Å². The van der Waals surface area contributed by atoms with Gasteiger partial charge >= 0.3 is 0 Å². The third-order valence-electron chi connectivity index (χ3n) is 5.58. The van der Waals surface area contributed by atoms with Gasteiger partial charge in [0.2, 0.25) is 0 Å². The number of benzene rings is 1. The standard InChI is InChI=1S/C19H26N2/c1-2-11-21(10-1)12-9-15-3-5-16(6-4-15)18-8-7-17-13-20-14-19(17)18/h3-6,8,17,19-20H,1-2,7,9-14H2/t17-,19+/m1/s1. The summed E-state index contributed by atoms with van der Waals surface area (Å²) in [5.41, 5.74) is 4.54. The molecule has 1 N–H and O–H groups in total. The fourth-order valence-electron chi connectivity index (χ4n) is 4.26. The molecule has 4 rings (SSSR count). The van der Waals surface area contributed by atoms with E-state index in [1.54, 1.807) is 5.57 Å². The van der Waals surface area contributed by atoms with Crippen LogP contribution in [0.25, 0.3) is 5.57 Å². The Kier molecular flexibility index (Phi) is 3.83. The highest BCUT2D eigenvalue weighted by atomic mass is 15.1. The molecule has 2 heteroatoms. The summed E-state index contributed by atoms with van der Waals surface area (Å²) in [5, 5.41) is 3.54. The van der Waals surface area contributed by atoms with Crippen molar-refractivity contribution in [3.63, 3.8) is 0 Å². The van der Waals surface area contributed by atoms with Crippen molar-refractivity contribution in [3.8, 4) is 0 Å². The molecule has 2 fully saturated rings. The van der Waals surface area contributed by atoms with Gasteiger partial charge in [-0.2, -0.15) is 0 Å². The lowest BCUT2D eigenvalue weighted by molar-refractivity contribution is 0.343. The minimum absolute atomic E-state index is 0.764. The third kappa shape index (κ3) is 2.79. The zero-order chi connectivity index (χ0) is 14.1. The first-order valence-electron chi connectivity index (χ1n) is 8.62. The smallest absolute Gasteiger partial charge is 0.00236 e. The SMILES string of the molecule is C1=C(c2ccc(CCN3CCCC3)cc2)[C@H]2CNC[C@H]2C1. The predicted octanol–water partition coefficient (Wildman–Crippen LogP) is 2.95. The number of allylic oxidation sites excluding steroid dienone is 1. The Labute approximate surface area is 128 Å². The second-order valence-corrected chi connectivity index (χ2v) is 6.92. The summed E-state index contributed by atoms with van der Waals surface area (Å²) in [6.07, 6.45) is 7.74. The van der Waals surface area contributed by atoms with E-state index < -0.39 is 0 Å². The molecule has 2 atom stereocenters. The molecule has 0 bridgehead atoms. The fourth-order valence-corrected chi connectivity index (χ4v) is 4.26. The van der Waals surface area contributed by atoms with Gasteiger partial charge in [0.25, 0.3) is 0 Å². The van der Waals surface area contributed by atoms with Crippen LogP contribution < -0.4 is 5.32 Å². The van der Waals surface area contributed by atoms with Gasteiger partial charge in [0.05, 0.1) is 0 Å². The lowest BCUT2D eigenvalue weighted by Gasteiger charge is -2.16. The van der Waals surface area contributed by atoms with Crippen LogP contribution in [0.5, 0.6) is 0 Å². The first-order valence-corrected chi connectivity index (χ1v) is 8.62. The second-order valence-electron chi connectivity index (χ2n) is 6.92. The second kappa shape index (κ2) is 5.94. The maximum atomic E-state index is 3.54. The van der Waals surface area contributed by atoms with Gasteiger partial charge in [0, 0.05) is 19.0 Å². The van der Waals surface area contributed by atoms with Gasteiger partial charge in [0.1, 0.15) is 0 Å². The zero-order valence-corrected chi connectivity index (χ0v) is 12.9. The summed E-state index contributed by atoms with van der Waals surface area (Å²) in [7, 11) is 0. The topological polar surface area (TPSA) is 15.3 Å². The van der Waals surface area contributed by atoms with Gasteiger partial charge in [-0.25, -0.2) is 0 Å². The summed E-state index contributed by atoms with van der Waals surface area (Å²) < 4.78 is 0. The molecule has 0 saturated carbocycles. The Morgan fingerprint density at radius 3 is 2.67 bits per heavy atom. The van der Waals surface area contributed by atoms with E-state index in [4.69, 9.17) is 0 Å². The molecule has 21 heavy (non-hydrogen) atoms. The molecule has 2 heterocycles. The van der Waals surface area contributed by atoms with Crippen molar-refractivity contribution in [1.82, 2.24) is 10.2 Å². The summed E-state index contributed by atoms with van der Waals surface area (Å²) in [6.45, 7) is 6.23. The van der Waals surface area contributed by atoms with Crippen LogP contribution in [0.4, 0.5) is 0 Å². The van der Waals surface area contributed by atoms with E-state index in [2.05, 4.69) is 40.6 Å². The quantitative estimate of drug-likeness (QED) is 0.913. The Morgan fingerprint density at radius 2 is 1.86 bits per heavy atom. The van der Waals surface area contributed by atoms with Gasteiger partial charge in [-0.15, -0.1) is 0 Å². The molecular formula is C19H26N2. The number of fused-ring (bicyclic) bond motifs is 1. The van der Waals surface area contributed by atoms with E-state index in [9.17, 15) is 0 Å². The van der Waals surface area contributed by atoms with E-state index in [0.717, 1.165) is 11.8 Å². The fraction of sp³-hybridized carbons (Fsp3) is 0.579. The summed E-state index contributed by atoms with van der Waals surface area (Å²) in [5.74, 6) is 1.62. The summed E-state index contributed by atoms with van der Waals surface area (Å²) in [6, 6.07) is 9.40. The highest BCUT2D eigenvalue weighted by Gasteiger charge is 2.33. The maximum Gasteiger partial charge on any atom is 0.00236 e. The van der Waals surface area contributed by atoms with Crippen molar-refractivity contribution >= 4 is 5.57 Å². The molecule has 0 amide bonds. The Balaban J connectivity index is 1.39. The normalized spacial score (nSPS) is 28.9. The van der Waals surface area contributed by atoms with Crippen molar-refractivity contribution < 1.29 is 0 Å². The van der Waals surface area contributed by atoms with Crippen LogP contribution in [0.1, 0.15) is 30.4 Å². The first kappa shape index (κ1) is 13.5.